The van der Waals surface area contributed by atoms with Gasteiger partial charge in [-0.2, -0.15) is 0 Å². The van der Waals surface area contributed by atoms with E-state index < -0.39 is 0 Å². The summed E-state index contributed by atoms with van der Waals surface area (Å²) in [5, 5.41) is 0. The van der Waals surface area contributed by atoms with Crippen LogP contribution < -0.4 is 5.73 Å². The highest BCUT2D eigenvalue weighted by atomic mass is 16.5. The van der Waals surface area contributed by atoms with Crippen LogP contribution in [0.25, 0.3) is 0 Å². The van der Waals surface area contributed by atoms with E-state index in [0.717, 1.165) is 44.7 Å². The lowest BCUT2D eigenvalue weighted by Crippen LogP contribution is -2.51. The van der Waals surface area contributed by atoms with Crippen molar-refractivity contribution < 1.29 is 9.53 Å². The second-order valence-electron chi connectivity index (χ2n) is 6.47. The molecular weight excluding hydrogens is 252 g/mol. The van der Waals surface area contributed by atoms with Crippen LogP contribution in [0.4, 0.5) is 0 Å². The molecule has 0 spiro atoms. The van der Waals surface area contributed by atoms with Crippen molar-refractivity contribution >= 4 is 5.91 Å². The van der Waals surface area contributed by atoms with Crippen LogP contribution in [0.3, 0.4) is 0 Å². The fourth-order valence-electron chi connectivity index (χ4n) is 3.67. The highest BCUT2D eigenvalue weighted by molar-refractivity contribution is 5.83. The SMILES string of the molecule is CCCC1CCCN(C(=O)C2(CN)CCOCC2)CC1. The topological polar surface area (TPSA) is 55.6 Å². The molecule has 0 saturated carbocycles. The molecule has 2 heterocycles. The Kier molecular flexibility index (Phi) is 5.85. The number of amides is 1. The van der Waals surface area contributed by atoms with Crippen LogP contribution in [-0.4, -0.2) is 43.7 Å². The molecule has 2 rings (SSSR count). The van der Waals surface area contributed by atoms with E-state index in [4.69, 9.17) is 10.5 Å². The first-order chi connectivity index (χ1) is 9.72. The van der Waals surface area contributed by atoms with Gasteiger partial charge in [-0.1, -0.05) is 19.8 Å². The summed E-state index contributed by atoms with van der Waals surface area (Å²) in [6.07, 6.45) is 7.72. The average Bonchev–Trinajstić information content (AvgIpc) is 2.73. The number of nitrogens with zero attached hydrogens (tertiary/aromatic N) is 1. The standard InChI is InChI=1S/C16H30N2O2/c1-2-4-14-5-3-9-18(10-6-14)15(19)16(13-17)7-11-20-12-8-16/h14H,2-13,17H2,1H3. The maximum Gasteiger partial charge on any atom is 0.230 e. The van der Waals surface area contributed by atoms with Crippen molar-refractivity contribution in [3.63, 3.8) is 0 Å². The van der Waals surface area contributed by atoms with Crippen LogP contribution in [0.1, 0.15) is 51.9 Å². The van der Waals surface area contributed by atoms with E-state index in [1.165, 1.54) is 19.3 Å². The number of hydrogen-bond donors (Lipinski definition) is 1. The van der Waals surface area contributed by atoms with Gasteiger partial charge < -0.3 is 15.4 Å². The van der Waals surface area contributed by atoms with Gasteiger partial charge in [0.2, 0.25) is 5.91 Å². The molecule has 2 aliphatic heterocycles. The molecule has 2 saturated heterocycles. The zero-order valence-corrected chi connectivity index (χ0v) is 12.9. The maximum absolute atomic E-state index is 12.9. The Morgan fingerprint density at radius 2 is 2.05 bits per heavy atom. The van der Waals surface area contributed by atoms with Crippen molar-refractivity contribution in [3.8, 4) is 0 Å². The third-order valence-electron chi connectivity index (χ3n) is 5.13. The predicted octanol–water partition coefficient (Wildman–Crippen LogP) is 2.17. The molecule has 1 unspecified atom stereocenters. The lowest BCUT2D eigenvalue weighted by atomic mass is 9.79. The smallest absolute Gasteiger partial charge is 0.230 e. The highest BCUT2D eigenvalue weighted by Gasteiger charge is 2.41. The van der Waals surface area contributed by atoms with Crippen LogP contribution in [0.15, 0.2) is 0 Å². The van der Waals surface area contributed by atoms with Gasteiger partial charge in [-0.3, -0.25) is 4.79 Å². The van der Waals surface area contributed by atoms with E-state index in [1.54, 1.807) is 0 Å². The highest BCUT2D eigenvalue weighted by Crippen LogP contribution is 2.33. The van der Waals surface area contributed by atoms with E-state index in [1.807, 2.05) is 0 Å². The first-order valence-corrected chi connectivity index (χ1v) is 8.29. The summed E-state index contributed by atoms with van der Waals surface area (Å²) in [5.41, 5.74) is 5.61. The van der Waals surface area contributed by atoms with Crippen molar-refractivity contribution in [3.05, 3.63) is 0 Å². The largest absolute Gasteiger partial charge is 0.381 e. The van der Waals surface area contributed by atoms with Crippen LogP contribution in [0.2, 0.25) is 0 Å². The fraction of sp³-hybridized carbons (Fsp3) is 0.938. The monoisotopic (exact) mass is 282 g/mol. The van der Waals surface area contributed by atoms with E-state index in [-0.39, 0.29) is 5.41 Å². The van der Waals surface area contributed by atoms with Crippen molar-refractivity contribution in [2.75, 3.05) is 32.8 Å². The van der Waals surface area contributed by atoms with E-state index in [0.29, 0.717) is 25.7 Å². The summed E-state index contributed by atoms with van der Waals surface area (Å²) >= 11 is 0. The molecule has 0 aromatic heterocycles. The second kappa shape index (κ2) is 7.41. The minimum Gasteiger partial charge on any atom is -0.381 e. The van der Waals surface area contributed by atoms with E-state index in [9.17, 15) is 4.79 Å². The molecule has 2 N–H and O–H groups in total. The first kappa shape index (κ1) is 15.8. The molecule has 1 atom stereocenters. The number of carbonyl (C=O) groups excluding carboxylic acids is 1. The van der Waals surface area contributed by atoms with Gasteiger partial charge in [0.15, 0.2) is 0 Å². The number of ether oxygens (including phenoxy) is 1. The van der Waals surface area contributed by atoms with Crippen LogP contribution in [-0.2, 0) is 9.53 Å². The van der Waals surface area contributed by atoms with Crippen LogP contribution in [0, 0.1) is 11.3 Å². The molecule has 4 nitrogen and oxygen atoms in total. The van der Waals surface area contributed by atoms with Gasteiger partial charge in [0.1, 0.15) is 0 Å². The minimum absolute atomic E-state index is 0.292. The van der Waals surface area contributed by atoms with Gasteiger partial charge in [0, 0.05) is 32.8 Å². The minimum atomic E-state index is -0.344. The van der Waals surface area contributed by atoms with Crippen molar-refractivity contribution in [1.29, 1.82) is 0 Å². The maximum atomic E-state index is 12.9. The zero-order chi connectivity index (χ0) is 14.4. The van der Waals surface area contributed by atoms with Crippen molar-refractivity contribution in [2.45, 2.75) is 51.9 Å². The fourth-order valence-corrected chi connectivity index (χ4v) is 3.67. The molecule has 20 heavy (non-hydrogen) atoms. The molecule has 4 heteroatoms. The van der Waals surface area contributed by atoms with Gasteiger partial charge in [0.25, 0.3) is 0 Å². The number of carbonyl (C=O) groups is 1. The van der Waals surface area contributed by atoms with Gasteiger partial charge >= 0.3 is 0 Å². The number of rotatable bonds is 4. The van der Waals surface area contributed by atoms with Crippen molar-refractivity contribution in [1.82, 2.24) is 4.90 Å². The van der Waals surface area contributed by atoms with Crippen molar-refractivity contribution in [2.24, 2.45) is 17.1 Å². The molecule has 0 aliphatic carbocycles. The Hall–Kier alpha value is -0.610. The summed E-state index contributed by atoms with van der Waals surface area (Å²) in [6, 6.07) is 0. The Balaban J connectivity index is 1.97. The van der Waals surface area contributed by atoms with Crippen LogP contribution >= 0.6 is 0 Å². The average molecular weight is 282 g/mol. The lowest BCUT2D eigenvalue weighted by molar-refractivity contribution is -0.147. The molecule has 116 valence electrons. The van der Waals surface area contributed by atoms with E-state index >= 15 is 0 Å². The summed E-state index contributed by atoms with van der Waals surface area (Å²) in [4.78, 5) is 15.0. The number of likely N-dealkylation sites (tertiary alicyclic amines) is 1. The van der Waals surface area contributed by atoms with Crippen LogP contribution in [0.5, 0.6) is 0 Å². The summed E-state index contributed by atoms with van der Waals surface area (Å²) in [6.45, 7) is 5.90. The number of nitrogens with two attached hydrogens (primary N) is 1. The normalized spacial score (nSPS) is 27.1. The summed E-state index contributed by atoms with van der Waals surface area (Å²) in [5.74, 6) is 1.10. The predicted molar refractivity (Wildman–Crippen MR) is 80.4 cm³/mol. The van der Waals surface area contributed by atoms with Gasteiger partial charge in [-0.15, -0.1) is 0 Å². The molecule has 0 aromatic rings. The third kappa shape index (κ3) is 3.53. The second-order valence-corrected chi connectivity index (χ2v) is 6.47. The Bertz CT molecular complexity index is 314. The molecule has 0 aromatic carbocycles. The summed E-state index contributed by atoms with van der Waals surface area (Å²) < 4.78 is 5.41. The summed E-state index contributed by atoms with van der Waals surface area (Å²) in [7, 11) is 0. The van der Waals surface area contributed by atoms with Gasteiger partial charge in [-0.05, 0) is 38.0 Å². The lowest BCUT2D eigenvalue weighted by Gasteiger charge is -2.38. The molecule has 2 aliphatic rings. The molecule has 1 amide bonds. The molecule has 0 radical (unpaired) electrons. The van der Waals surface area contributed by atoms with Gasteiger partial charge in [-0.25, -0.2) is 0 Å². The number of hydrogen-bond acceptors (Lipinski definition) is 3. The molecule has 2 fully saturated rings. The first-order valence-electron chi connectivity index (χ1n) is 8.29. The Labute approximate surface area is 123 Å². The Morgan fingerprint density at radius 1 is 1.30 bits per heavy atom. The quantitative estimate of drug-likeness (QED) is 0.860. The zero-order valence-electron chi connectivity index (χ0n) is 12.9. The molecule has 0 bridgehead atoms. The third-order valence-corrected chi connectivity index (χ3v) is 5.13. The molecular formula is C16H30N2O2. The van der Waals surface area contributed by atoms with E-state index in [2.05, 4.69) is 11.8 Å². The Morgan fingerprint density at radius 3 is 2.70 bits per heavy atom. The van der Waals surface area contributed by atoms with Gasteiger partial charge in [0.05, 0.1) is 5.41 Å².